The van der Waals surface area contributed by atoms with Crippen LogP contribution in [-0.4, -0.2) is 40.9 Å². The van der Waals surface area contributed by atoms with Crippen molar-refractivity contribution in [3.63, 3.8) is 0 Å². The third kappa shape index (κ3) is 2.68. The average molecular weight is 286 g/mol. The van der Waals surface area contributed by atoms with E-state index in [-0.39, 0.29) is 17.1 Å². The largest absolute Gasteiger partial charge is 0.336 e. The number of nitrogens with two attached hydrogens (primary N) is 1. The summed E-state index contributed by atoms with van der Waals surface area (Å²) in [5.74, 6) is 0. The van der Waals surface area contributed by atoms with Crippen LogP contribution in [0.25, 0.3) is 0 Å². The van der Waals surface area contributed by atoms with Gasteiger partial charge >= 0.3 is 0 Å². The molecule has 1 saturated heterocycles. The van der Waals surface area contributed by atoms with Crippen molar-refractivity contribution in [3.8, 4) is 0 Å². The number of aromatic nitrogens is 2. The van der Waals surface area contributed by atoms with E-state index in [9.17, 15) is 8.42 Å². The van der Waals surface area contributed by atoms with Crippen molar-refractivity contribution in [1.29, 1.82) is 0 Å². The Morgan fingerprint density at radius 2 is 2.21 bits per heavy atom. The maximum Gasteiger partial charge on any atom is 0.262 e. The third-order valence-electron chi connectivity index (χ3n) is 3.74. The van der Waals surface area contributed by atoms with Gasteiger partial charge in [-0.15, -0.1) is 0 Å². The molecule has 1 aromatic heterocycles. The van der Waals surface area contributed by atoms with Crippen molar-refractivity contribution < 1.29 is 8.42 Å². The zero-order chi connectivity index (χ0) is 14.0. The highest BCUT2D eigenvalue weighted by molar-refractivity contribution is 7.89. The predicted octanol–water partition coefficient (Wildman–Crippen LogP) is 0.793. The van der Waals surface area contributed by atoms with Crippen molar-refractivity contribution in [2.75, 3.05) is 6.54 Å². The van der Waals surface area contributed by atoms with E-state index in [1.165, 1.54) is 0 Å². The van der Waals surface area contributed by atoms with Crippen LogP contribution in [0.3, 0.4) is 0 Å². The predicted molar refractivity (Wildman–Crippen MR) is 73.1 cm³/mol. The fourth-order valence-corrected chi connectivity index (χ4v) is 4.50. The lowest BCUT2D eigenvalue weighted by Gasteiger charge is -2.38. The molecule has 0 amide bonds. The van der Waals surface area contributed by atoms with Gasteiger partial charge in [-0.2, -0.15) is 4.31 Å². The fourth-order valence-electron chi connectivity index (χ4n) is 2.67. The Morgan fingerprint density at radius 3 is 2.79 bits per heavy atom. The van der Waals surface area contributed by atoms with Crippen LogP contribution < -0.4 is 5.73 Å². The van der Waals surface area contributed by atoms with Crippen molar-refractivity contribution in [1.82, 2.24) is 13.9 Å². The monoisotopic (exact) mass is 286 g/mol. The molecule has 1 fully saturated rings. The molecule has 0 aliphatic carbocycles. The van der Waals surface area contributed by atoms with Crippen molar-refractivity contribution in [2.24, 2.45) is 5.73 Å². The molecule has 2 atom stereocenters. The van der Waals surface area contributed by atoms with E-state index in [0.717, 1.165) is 19.3 Å². The Balaban J connectivity index is 2.35. The van der Waals surface area contributed by atoms with Crippen molar-refractivity contribution in [2.45, 2.75) is 56.8 Å². The fraction of sp³-hybridized carbons (Fsp3) is 0.750. The first kappa shape index (κ1) is 14.5. The van der Waals surface area contributed by atoms with Crippen LogP contribution in [0.15, 0.2) is 17.6 Å². The molecule has 1 aliphatic rings. The van der Waals surface area contributed by atoms with Gasteiger partial charge in [0.2, 0.25) is 0 Å². The zero-order valence-corrected chi connectivity index (χ0v) is 12.3. The highest BCUT2D eigenvalue weighted by Crippen LogP contribution is 2.28. The normalized spacial score (nSPS) is 25.6. The summed E-state index contributed by atoms with van der Waals surface area (Å²) in [6.45, 7) is 4.96. The van der Waals surface area contributed by atoms with E-state index < -0.39 is 10.0 Å². The molecule has 19 heavy (non-hydrogen) atoms. The first-order valence-corrected chi connectivity index (χ1v) is 8.20. The second-order valence-corrected chi connectivity index (χ2v) is 6.84. The van der Waals surface area contributed by atoms with E-state index in [0.29, 0.717) is 13.1 Å². The molecule has 2 unspecified atom stereocenters. The van der Waals surface area contributed by atoms with Crippen LogP contribution in [0, 0.1) is 0 Å². The van der Waals surface area contributed by atoms with Crippen LogP contribution in [0.5, 0.6) is 0 Å². The Hall–Kier alpha value is -0.920. The summed E-state index contributed by atoms with van der Waals surface area (Å²) in [6.07, 6.45) is 5.88. The summed E-state index contributed by atoms with van der Waals surface area (Å²) in [6, 6.07) is -0.125. The van der Waals surface area contributed by atoms with Crippen LogP contribution in [-0.2, 0) is 16.6 Å². The molecule has 1 aromatic rings. The second-order valence-electron chi connectivity index (χ2n) is 5.05. The van der Waals surface area contributed by atoms with E-state index in [2.05, 4.69) is 4.98 Å². The Kier molecular flexibility index (Phi) is 4.27. The highest BCUT2D eigenvalue weighted by atomic mass is 32.2. The number of sulfonamides is 1. The van der Waals surface area contributed by atoms with Gasteiger partial charge in [-0.3, -0.25) is 0 Å². The molecule has 6 nitrogen and oxygen atoms in total. The molecular weight excluding hydrogens is 264 g/mol. The minimum atomic E-state index is -3.54. The first-order valence-electron chi connectivity index (χ1n) is 6.76. The van der Waals surface area contributed by atoms with Crippen LogP contribution in [0.4, 0.5) is 0 Å². The molecule has 1 aliphatic heterocycles. The van der Waals surface area contributed by atoms with Gasteiger partial charge in [-0.1, -0.05) is 6.42 Å². The molecule has 108 valence electrons. The summed E-state index contributed by atoms with van der Waals surface area (Å²) in [5, 5.41) is 0.126. The lowest BCUT2D eigenvalue weighted by molar-refractivity contribution is 0.195. The molecule has 2 heterocycles. The lowest BCUT2D eigenvalue weighted by Crippen LogP contribution is -2.51. The van der Waals surface area contributed by atoms with Crippen molar-refractivity contribution in [3.05, 3.63) is 12.5 Å². The quantitative estimate of drug-likeness (QED) is 0.887. The van der Waals surface area contributed by atoms with E-state index in [1.54, 1.807) is 21.4 Å². The smallest absolute Gasteiger partial charge is 0.262 e. The zero-order valence-electron chi connectivity index (χ0n) is 11.5. The van der Waals surface area contributed by atoms with Gasteiger partial charge in [0, 0.05) is 31.4 Å². The molecule has 0 radical (unpaired) electrons. The number of hydrogen-bond acceptors (Lipinski definition) is 4. The number of hydrogen-bond donors (Lipinski definition) is 1. The average Bonchev–Trinajstić information content (AvgIpc) is 2.87. The Bertz CT molecular complexity index is 526. The number of rotatable bonds is 4. The molecule has 2 N–H and O–H groups in total. The topological polar surface area (TPSA) is 81.2 Å². The van der Waals surface area contributed by atoms with E-state index >= 15 is 0 Å². The van der Waals surface area contributed by atoms with Gasteiger partial charge < -0.3 is 10.3 Å². The van der Waals surface area contributed by atoms with Crippen LogP contribution in [0.1, 0.15) is 33.1 Å². The van der Waals surface area contributed by atoms with Gasteiger partial charge in [0.15, 0.2) is 5.03 Å². The number of piperidine rings is 1. The van der Waals surface area contributed by atoms with Gasteiger partial charge in [0.1, 0.15) is 0 Å². The summed E-state index contributed by atoms with van der Waals surface area (Å²) in [5.41, 5.74) is 5.73. The number of aryl methyl sites for hydroxylation is 1. The number of nitrogens with zero attached hydrogens (tertiary/aromatic N) is 3. The van der Waals surface area contributed by atoms with Gasteiger partial charge in [-0.25, -0.2) is 13.4 Å². The summed E-state index contributed by atoms with van der Waals surface area (Å²) >= 11 is 0. The SMILES string of the molecule is CCn1cnc(S(=O)(=O)N2C(C)CCCC2CN)c1. The van der Waals surface area contributed by atoms with Gasteiger partial charge in [0.05, 0.1) is 6.33 Å². The minimum Gasteiger partial charge on any atom is -0.336 e. The minimum absolute atomic E-state index is 0.0147. The maximum absolute atomic E-state index is 12.7. The van der Waals surface area contributed by atoms with Gasteiger partial charge in [-0.05, 0) is 26.7 Å². The Morgan fingerprint density at radius 1 is 1.47 bits per heavy atom. The molecule has 0 saturated carbocycles. The molecule has 2 rings (SSSR count). The third-order valence-corrected chi connectivity index (χ3v) is 5.69. The summed E-state index contributed by atoms with van der Waals surface area (Å²) in [4.78, 5) is 4.03. The van der Waals surface area contributed by atoms with E-state index in [1.807, 2.05) is 13.8 Å². The second kappa shape index (κ2) is 5.60. The lowest BCUT2D eigenvalue weighted by atomic mass is 10.00. The van der Waals surface area contributed by atoms with Crippen LogP contribution >= 0.6 is 0 Å². The number of imidazole rings is 1. The molecule has 0 bridgehead atoms. The summed E-state index contributed by atoms with van der Waals surface area (Å²) in [7, 11) is -3.54. The van der Waals surface area contributed by atoms with Crippen LogP contribution in [0.2, 0.25) is 0 Å². The molecule has 0 aromatic carbocycles. The molecule has 7 heteroatoms. The standard InChI is InChI=1S/C12H22N4O2S/c1-3-15-8-12(14-9-15)19(17,18)16-10(2)5-4-6-11(16)7-13/h8-11H,3-7,13H2,1-2H3. The van der Waals surface area contributed by atoms with Crippen molar-refractivity contribution >= 4 is 10.0 Å². The van der Waals surface area contributed by atoms with Gasteiger partial charge in [0.25, 0.3) is 10.0 Å². The first-order chi connectivity index (χ1) is 9.00. The summed E-state index contributed by atoms with van der Waals surface area (Å²) < 4.78 is 28.7. The Labute approximate surface area is 114 Å². The molecular formula is C12H22N4O2S. The maximum atomic E-state index is 12.7. The highest BCUT2D eigenvalue weighted by Gasteiger charge is 2.38. The molecule has 0 spiro atoms. The van der Waals surface area contributed by atoms with E-state index in [4.69, 9.17) is 5.73 Å².